The second kappa shape index (κ2) is 8.52. The maximum Gasteiger partial charge on any atom is 0.265 e. The van der Waals surface area contributed by atoms with Crippen molar-refractivity contribution in [2.75, 3.05) is 11.5 Å². The highest BCUT2D eigenvalue weighted by Gasteiger charge is 2.27. The minimum absolute atomic E-state index is 0.109. The molecule has 5 heteroatoms. The van der Waals surface area contributed by atoms with Crippen molar-refractivity contribution in [1.29, 1.82) is 0 Å². The molecule has 0 atom stereocenters. The summed E-state index contributed by atoms with van der Waals surface area (Å²) in [5.41, 5.74) is 6.54. The minimum atomic E-state index is -0.569. The molecule has 3 rings (SSSR count). The molecular formula is C21H24N2O3. The van der Waals surface area contributed by atoms with Gasteiger partial charge in [-0.1, -0.05) is 49.6 Å². The van der Waals surface area contributed by atoms with Gasteiger partial charge < -0.3 is 15.4 Å². The van der Waals surface area contributed by atoms with Gasteiger partial charge in [0.1, 0.15) is 5.75 Å². The maximum atomic E-state index is 13.0. The zero-order valence-corrected chi connectivity index (χ0v) is 14.8. The van der Waals surface area contributed by atoms with Gasteiger partial charge in [-0.3, -0.25) is 9.59 Å². The molecule has 0 bridgehead atoms. The van der Waals surface area contributed by atoms with E-state index in [9.17, 15) is 9.59 Å². The molecule has 0 unspecified atom stereocenters. The third-order valence-corrected chi connectivity index (χ3v) is 4.75. The smallest absolute Gasteiger partial charge is 0.265 e. The van der Waals surface area contributed by atoms with Gasteiger partial charge in [0.25, 0.3) is 11.8 Å². The number of carbonyl (C=O) groups excluding carboxylic acids is 2. The molecule has 0 heterocycles. The zero-order chi connectivity index (χ0) is 18.4. The van der Waals surface area contributed by atoms with E-state index in [4.69, 9.17) is 10.5 Å². The summed E-state index contributed by atoms with van der Waals surface area (Å²) in [6.07, 6.45) is 5.48. The van der Waals surface area contributed by atoms with E-state index >= 15 is 0 Å². The van der Waals surface area contributed by atoms with Gasteiger partial charge >= 0.3 is 0 Å². The molecule has 2 aromatic carbocycles. The number of para-hydroxylation sites is 2. The van der Waals surface area contributed by atoms with Crippen LogP contribution in [0.4, 0.5) is 5.69 Å². The van der Waals surface area contributed by atoms with Crippen molar-refractivity contribution in [2.45, 2.75) is 38.1 Å². The fourth-order valence-corrected chi connectivity index (χ4v) is 3.49. The van der Waals surface area contributed by atoms with E-state index in [2.05, 4.69) is 0 Å². The van der Waals surface area contributed by atoms with Gasteiger partial charge in [0, 0.05) is 11.7 Å². The number of benzene rings is 2. The Morgan fingerprint density at radius 3 is 2.31 bits per heavy atom. The van der Waals surface area contributed by atoms with E-state index in [0.717, 1.165) is 31.4 Å². The molecule has 1 aliphatic carbocycles. The average Bonchev–Trinajstić information content (AvgIpc) is 2.68. The molecule has 2 N–H and O–H groups in total. The molecular weight excluding hydrogens is 328 g/mol. The van der Waals surface area contributed by atoms with E-state index in [1.54, 1.807) is 24.3 Å². The van der Waals surface area contributed by atoms with Gasteiger partial charge in [-0.05, 0) is 37.1 Å². The summed E-state index contributed by atoms with van der Waals surface area (Å²) in [4.78, 5) is 26.4. The molecule has 2 amide bonds. The molecule has 2 aromatic rings. The number of amides is 2. The van der Waals surface area contributed by atoms with Crippen molar-refractivity contribution >= 4 is 17.5 Å². The SMILES string of the molecule is NC(=O)c1ccccc1OCC(=O)N(c1ccccc1)C1CCCCC1. The van der Waals surface area contributed by atoms with Crippen LogP contribution in [-0.2, 0) is 4.79 Å². The highest BCUT2D eigenvalue weighted by atomic mass is 16.5. The molecule has 0 aliphatic heterocycles. The Bertz CT molecular complexity index is 755. The summed E-state index contributed by atoms with van der Waals surface area (Å²) in [6, 6.07) is 16.6. The van der Waals surface area contributed by atoms with Crippen LogP contribution >= 0.6 is 0 Å². The Balaban J connectivity index is 1.77. The lowest BCUT2D eigenvalue weighted by atomic mass is 9.93. The monoisotopic (exact) mass is 352 g/mol. The Labute approximate surface area is 153 Å². The van der Waals surface area contributed by atoms with Crippen molar-refractivity contribution in [3.8, 4) is 5.75 Å². The lowest BCUT2D eigenvalue weighted by molar-refractivity contribution is -0.121. The van der Waals surface area contributed by atoms with Crippen LogP contribution in [0.2, 0.25) is 0 Å². The van der Waals surface area contributed by atoms with Gasteiger partial charge in [0.15, 0.2) is 6.61 Å². The van der Waals surface area contributed by atoms with Crippen molar-refractivity contribution < 1.29 is 14.3 Å². The third kappa shape index (κ3) is 4.23. The highest BCUT2D eigenvalue weighted by molar-refractivity contribution is 5.97. The number of nitrogens with zero attached hydrogens (tertiary/aromatic N) is 1. The number of hydrogen-bond acceptors (Lipinski definition) is 3. The Hall–Kier alpha value is -2.82. The number of nitrogens with two attached hydrogens (primary N) is 1. The van der Waals surface area contributed by atoms with Crippen LogP contribution in [0.25, 0.3) is 0 Å². The van der Waals surface area contributed by atoms with Gasteiger partial charge in [0.05, 0.1) is 5.56 Å². The molecule has 1 fully saturated rings. The van der Waals surface area contributed by atoms with Crippen LogP contribution in [0.15, 0.2) is 54.6 Å². The molecule has 5 nitrogen and oxygen atoms in total. The van der Waals surface area contributed by atoms with E-state index in [1.165, 1.54) is 6.42 Å². The summed E-state index contributed by atoms with van der Waals surface area (Å²) >= 11 is 0. The summed E-state index contributed by atoms with van der Waals surface area (Å²) in [5.74, 6) is -0.340. The number of primary amides is 1. The summed E-state index contributed by atoms with van der Waals surface area (Å²) in [6.45, 7) is -0.129. The molecule has 0 radical (unpaired) electrons. The molecule has 136 valence electrons. The first-order valence-electron chi connectivity index (χ1n) is 9.05. The van der Waals surface area contributed by atoms with Crippen LogP contribution in [0.5, 0.6) is 5.75 Å². The Kier molecular flexibility index (Phi) is 5.89. The van der Waals surface area contributed by atoms with Gasteiger partial charge in [-0.2, -0.15) is 0 Å². The maximum absolute atomic E-state index is 13.0. The second-order valence-corrected chi connectivity index (χ2v) is 6.54. The second-order valence-electron chi connectivity index (χ2n) is 6.54. The molecule has 1 saturated carbocycles. The highest BCUT2D eigenvalue weighted by Crippen LogP contribution is 2.28. The fourth-order valence-electron chi connectivity index (χ4n) is 3.49. The van der Waals surface area contributed by atoms with E-state index in [1.807, 2.05) is 35.2 Å². The molecule has 0 saturated heterocycles. The van der Waals surface area contributed by atoms with Crippen molar-refractivity contribution in [3.63, 3.8) is 0 Å². The van der Waals surface area contributed by atoms with Gasteiger partial charge in [-0.15, -0.1) is 0 Å². The number of ether oxygens (including phenoxy) is 1. The standard InChI is InChI=1S/C21H24N2O3/c22-21(25)18-13-7-8-14-19(18)26-15-20(24)23(16-9-3-1-4-10-16)17-11-5-2-6-12-17/h1,3-4,7-10,13-14,17H,2,5-6,11-12,15H2,(H2,22,25). The number of carbonyl (C=O) groups is 2. The van der Waals surface area contributed by atoms with Crippen molar-refractivity contribution in [2.24, 2.45) is 5.73 Å². The summed E-state index contributed by atoms with van der Waals surface area (Å²) in [7, 11) is 0. The van der Waals surface area contributed by atoms with E-state index in [0.29, 0.717) is 5.75 Å². The van der Waals surface area contributed by atoms with Crippen molar-refractivity contribution in [3.05, 3.63) is 60.2 Å². The molecule has 26 heavy (non-hydrogen) atoms. The third-order valence-electron chi connectivity index (χ3n) is 4.75. The Morgan fingerprint density at radius 1 is 0.962 bits per heavy atom. The van der Waals surface area contributed by atoms with Crippen LogP contribution in [-0.4, -0.2) is 24.5 Å². The van der Waals surface area contributed by atoms with E-state index in [-0.39, 0.29) is 24.1 Å². The van der Waals surface area contributed by atoms with Gasteiger partial charge in [0.2, 0.25) is 0 Å². The van der Waals surface area contributed by atoms with E-state index < -0.39 is 5.91 Å². The predicted octanol–water partition coefficient (Wildman–Crippen LogP) is 3.53. The normalized spacial score (nSPS) is 14.6. The molecule has 0 spiro atoms. The first-order valence-corrected chi connectivity index (χ1v) is 9.05. The first-order chi connectivity index (χ1) is 12.7. The lowest BCUT2D eigenvalue weighted by Gasteiger charge is -2.34. The van der Waals surface area contributed by atoms with Crippen LogP contribution in [0.1, 0.15) is 42.5 Å². The summed E-state index contributed by atoms with van der Waals surface area (Å²) in [5, 5.41) is 0. The lowest BCUT2D eigenvalue weighted by Crippen LogP contribution is -2.44. The fraction of sp³-hybridized carbons (Fsp3) is 0.333. The topological polar surface area (TPSA) is 72.6 Å². The average molecular weight is 352 g/mol. The zero-order valence-electron chi connectivity index (χ0n) is 14.8. The number of anilines is 1. The first kappa shape index (κ1) is 18.0. The van der Waals surface area contributed by atoms with Crippen molar-refractivity contribution in [1.82, 2.24) is 0 Å². The minimum Gasteiger partial charge on any atom is -0.483 e. The van der Waals surface area contributed by atoms with Crippen LogP contribution in [0, 0.1) is 0 Å². The van der Waals surface area contributed by atoms with Crippen LogP contribution < -0.4 is 15.4 Å². The largest absolute Gasteiger partial charge is 0.483 e. The number of hydrogen-bond donors (Lipinski definition) is 1. The van der Waals surface area contributed by atoms with Crippen LogP contribution in [0.3, 0.4) is 0 Å². The summed E-state index contributed by atoms with van der Waals surface area (Å²) < 4.78 is 5.66. The quantitative estimate of drug-likeness (QED) is 0.864. The van der Waals surface area contributed by atoms with Gasteiger partial charge in [-0.25, -0.2) is 0 Å². The Morgan fingerprint density at radius 2 is 1.62 bits per heavy atom. The number of rotatable bonds is 6. The predicted molar refractivity (Wildman–Crippen MR) is 101 cm³/mol. The molecule has 1 aliphatic rings. The molecule has 0 aromatic heterocycles.